The molecule has 4 heteroatoms. The third kappa shape index (κ3) is 8.72. The van der Waals surface area contributed by atoms with Gasteiger partial charge in [0, 0.05) is 18.2 Å². The van der Waals surface area contributed by atoms with Crippen LogP contribution in [0.2, 0.25) is 0 Å². The standard InChI is InChI=1S/C29H37NO3/c1-7-28(32)33-25-16-14-24(15-17-25)30-27(31)20-22(3)11-8-10-21(2)13-18-26-23(4)12-9-19-29(26,5)6/h8,10-11,13-18,20H,7,9,12,19H2,1-6H3,(H,30,31). The van der Waals surface area contributed by atoms with Gasteiger partial charge in [-0.2, -0.15) is 0 Å². The number of nitrogens with one attached hydrogen (secondary N) is 1. The van der Waals surface area contributed by atoms with Crippen molar-refractivity contribution in [3.8, 4) is 5.75 Å². The highest BCUT2D eigenvalue weighted by Gasteiger charge is 2.26. The van der Waals surface area contributed by atoms with E-state index in [1.807, 2.05) is 25.2 Å². The first-order chi connectivity index (χ1) is 15.6. The average Bonchev–Trinajstić information content (AvgIpc) is 2.74. The number of carbonyl (C=O) groups excluding carboxylic acids is 2. The van der Waals surface area contributed by atoms with Gasteiger partial charge in [-0.15, -0.1) is 0 Å². The molecule has 1 aromatic rings. The van der Waals surface area contributed by atoms with Crippen molar-refractivity contribution in [2.45, 2.75) is 67.2 Å². The third-order valence-corrected chi connectivity index (χ3v) is 5.77. The maximum absolute atomic E-state index is 12.3. The predicted molar refractivity (Wildman–Crippen MR) is 137 cm³/mol. The summed E-state index contributed by atoms with van der Waals surface area (Å²) in [4.78, 5) is 23.6. The SMILES string of the molecule is CCC(=O)Oc1ccc(NC(=O)C=C(C)C=CC=C(C)C=CC2=C(C)CCCC2(C)C)cc1. The van der Waals surface area contributed by atoms with Gasteiger partial charge in [0.05, 0.1) is 0 Å². The Hall–Kier alpha value is -3.14. The number of carbonyl (C=O) groups is 2. The molecule has 4 nitrogen and oxygen atoms in total. The van der Waals surface area contributed by atoms with E-state index in [9.17, 15) is 9.59 Å². The molecule has 0 radical (unpaired) electrons. The fraction of sp³-hybridized carbons (Fsp3) is 0.379. The number of anilines is 1. The molecule has 1 N–H and O–H groups in total. The molecule has 0 fully saturated rings. The van der Waals surface area contributed by atoms with Crippen LogP contribution in [0.1, 0.15) is 67.2 Å². The smallest absolute Gasteiger partial charge is 0.310 e. The van der Waals surface area contributed by atoms with Crippen LogP contribution in [0.25, 0.3) is 0 Å². The topological polar surface area (TPSA) is 55.4 Å². The molecule has 0 unspecified atom stereocenters. The minimum absolute atomic E-state index is 0.210. The number of hydrogen-bond donors (Lipinski definition) is 1. The van der Waals surface area contributed by atoms with Crippen molar-refractivity contribution >= 4 is 17.6 Å². The van der Waals surface area contributed by atoms with E-state index in [1.54, 1.807) is 37.3 Å². The summed E-state index contributed by atoms with van der Waals surface area (Å²) in [5.74, 6) is -0.0378. The molecule has 1 aliphatic carbocycles. The zero-order chi connectivity index (χ0) is 24.4. The summed E-state index contributed by atoms with van der Waals surface area (Å²) in [6.07, 6.45) is 15.9. The second-order valence-electron chi connectivity index (χ2n) is 9.26. The summed E-state index contributed by atoms with van der Waals surface area (Å²) < 4.78 is 5.13. The monoisotopic (exact) mass is 447 g/mol. The summed E-state index contributed by atoms with van der Waals surface area (Å²) in [6, 6.07) is 6.73. The van der Waals surface area contributed by atoms with E-state index in [4.69, 9.17) is 4.74 Å². The first kappa shape index (κ1) is 26.1. The number of rotatable bonds is 8. The number of hydrogen-bond acceptors (Lipinski definition) is 3. The summed E-state index contributed by atoms with van der Waals surface area (Å²) in [6.45, 7) is 12.6. The third-order valence-electron chi connectivity index (χ3n) is 5.77. The van der Waals surface area contributed by atoms with E-state index < -0.39 is 0 Å². The van der Waals surface area contributed by atoms with Gasteiger partial charge >= 0.3 is 5.97 Å². The Morgan fingerprint density at radius 2 is 1.79 bits per heavy atom. The summed E-state index contributed by atoms with van der Waals surface area (Å²) in [5.41, 5.74) is 5.83. The molecule has 0 heterocycles. The second-order valence-corrected chi connectivity index (χ2v) is 9.26. The molecule has 1 aromatic carbocycles. The fourth-order valence-corrected chi connectivity index (χ4v) is 3.88. The first-order valence-electron chi connectivity index (χ1n) is 11.6. The Balaban J connectivity index is 1.92. The Morgan fingerprint density at radius 3 is 2.42 bits per heavy atom. The number of ether oxygens (including phenoxy) is 1. The number of allylic oxidation sites excluding steroid dienone is 9. The number of esters is 1. The van der Waals surface area contributed by atoms with Crippen LogP contribution in [0.4, 0.5) is 5.69 Å². The number of benzene rings is 1. The molecule has 0 saturated carbocycles. The van der Waals surface area contributed by atoms with Crippen LogP contribution < -0.4 is 10.1 Å². The highest BCUT2D eigenvalue weighted by Crippen LogP contribution is 2.40. The van der Waals surface area contributed by atoms with Gasteiger partial charge in [0.25, 0.3) is 0 Å². The molecule has 176 valence electrons. The molecule has 0 saturated heterocycles. The molecule has 33 heavy (non-hydrogen) atoms. The normalized spacial score (nSPS) is 17.0. The van der Waals surface area contributed by atoms with Crippen molar-refractivity contribution in [2.24, 2.45) is 5.41 Å². The lowest BCUT2D eigenvalue weighted by molar-refractivity contribution is -0.134. The van der Waals surface area contributed by atoms with Crippen molar-refractivity contribution in [2.75, 3.05) is 5.32 Å². The van der Waals surface area contributed by atoms with E-state index in [2.05, 4.69) is 45.2 Å². The Morgan fingerprint density at radius 1 is 1.09 bits per heavy atom. The molecule has 1 amide bonds. The van der Waals surface area contributed by atoms with Gasteiger partial charge in [-0.3, -0.25) is 9.59 Å². The van der Waals surface area contributed by atoms with Crippen molar-refractivity contribution in [1.82, 2.24) is 0 Å². The predicted octanol–water partition coefficient (Wildman–Crippen LogP) is 7.47. The van der Waals surface area contributed by atoms with E-state index in [1.165, 1.54) is 30.4 Å². The minimum Gasteiger partial charge on any atom is -0.427 e. The van der Waals surface area contributed by atoms with Crippen molar-refractivity contribution < 1.29 is 14.3 Å². The first-order valence-corrected chi connectivity index (χ1v) is 11.6. The molecule has 0 atom stereocenters. The molecule has 0 bridgehead atoms. The van der Waals surface area contributed by atoms with Gasteiger partial charge in [0.15, 0.2) is 0 Å². The van der Waals surface area contributed by atoms with Gasteiger partial charge in [-0.05, 0) is 80.9 Å². The van der Waals surface area contributed by atoms with Crippen LogP contribution in [-0.2, 0) is 9.59 Å². The number of amides is 1. The lowest BCUT2D eigenvalue weighted by Crippen LogP contribution is -2.19. The zero-order valence-electron chi connectivity index (χ0n) is 20.8. The van der Waals surface area contributed by atoms with Gasteiger partial charge in [0.2, 0.25) is 5.91 Å². The molecule has 0 spiro atoms. The average molecular weight is 448 g/mol. The minimum atomic E-state index is -0.290. The van der Waals surface area contributed by atoms with Crippen molar-refractivity contribution in [3.05, 3.63) is 83.0 Å². The van der Waals surface area contributed by atoms with Crippen molar-refractivity contribution in [3.63, 3.8) is 0 Å². The Labute approximate surface area is 198 Å². The maximum atomic E-state index is 12.3. The van der Waals surface area contributed by atoms with E-state index in [0.29, 0.717) is 17.9 Å². The van der Waals surface area contributed by atoms with Gasteiger partial charge < -0.3 is 10.1 Å². The summed E-state index contributed by atoms with van der Waals surface area (Å²) in [5, 5.41) is 2.81. The van der Waals surface area contributed by atoms with E-state index >= 15 is 0 Å². The van der Waals surface area contributed by atoms with Crippen LogP contribution >= 0.6 is 0 Å². The zero-order valence-corrected chi connectivity index (χ0v) is 20.8. The maximum Gasteiger partial charge on any atom is 0.310 e. The molecule has 0 aliphatic heterocycles. The van der Waals surface area contributed by atoms with Crippen LogP contribution in [0.15, 0.2) is 83.0 Å². The molecule has 1 aliphatic rings. The van der Waals surface area contributed by atoms with Crippen LogP contribution in [0.3, 0.4) is 0 Å². The highest BCUT2D eigenvalue weighted by atomic mass is 16.5. The Bertz CT molecular complexity index is 1000. The molecular formula is C29H37NO3. The van der Waals surface area contributed by atoms with E-state index in [0.717, 1.165) is 11.1 Å². The van der Waals surface area contributed by atoms with E-state index in [-0.39, 0.29) is 17.3 Å². The molecule has 0 aromatic heterocycles. The highest BCUT2D eigenvalue weighted by molar-refractivity contribution is 6.00. The summed E-state index contributed by atoms with van der Waals surface area (Å²) >= 11 is 0. The lowest BCUT2D eigenvalue weighted by atomic mass is 9.72. The molecule has 2 rings (SSSR count). The van der Waals surface area contributed by atoms with Crippen LogP contribution in [0.5, 0.6) is 5.75 Å². The molecular weight excluding hydrogens is 410 g/mol. The lowest BCUT2D eigenvalue weighted by Gasteiger charge is -2.32. The van der Waals surface area contributed by atoms with Crippen molar-refractivity contribution in [1.29, 1.82) is 0 Å². The summed E-state index contributed by atoms with van der Waals surface area (Å²) in [7, 11) is 0. The largest absolute Gasteiger partial charge is 0.427 e. The van der Waals surface area contributed by atoms with Crippen LogP contribution in [0, 0.1) is 5.41 Å². The quantitative estimate of drug-likeness (QED) is 0.195. The fourth-order valence-electron chi connectivity index (χ4n) is 3.88. The second kappa shape index (κ2) is 12.2. The van der Waals surface area contributed by atoms with Gasteiger partial charge in [0.1, 0.15) is 5.75 Å². The van der Waals surface area contributed by atoms with Gasteiger partial charge in [-0.25, -0.2) is 0 Å². The Kier molecular flexibility index (Phi) is 9.65. The van der Waals surface area contributed by atoms with Gasteiger partial charge in [-0.1, -0.05) is 62.3 Å². The van der Waals surface area contributed by atoms with Crippen LogP contribution in [-0.4, -0.2) is 11.9 Å².